The van der Waals surface area contributed by atoms with Gasteiger partial charge in [0.05, 0.1) is 16.7 Å². The largest absolute Gasteiger partial charge is 0.347 e. The first-order valence-electron chi connectivity index (χ1n) is 11.5. The van der Waals surface area contributed by atoms with Gasteiger partial charge in [-0.1, -0.05) is 41.9 Å². The van der Waals surface area contributed by atoms with Crippen LogP contribution in [0.15, 0.2) is 61.1 Å². The number of hydrogen-bond acceptors (Lipinski definition) is 5. The first-order valence-corrected chi connectivity index (χ1v) is 11.8. The van der Waals surface area contributed by atoms with Crippen molar-refractivity contribution in [3.63, 3.8) is 0 Å². The Morgan fingerprint density at radius 2 is 1.89 bits per heavy atom. The number of likely N-dealkylation sites (tertiary alicyclic amines) is 1. The molecule has 1 fully saturated rings. The summed E-state index contributed by atoms with van der Waals surface area (Å²) in [6, 6.07) is 13.2. The van der Waals surface area contributed by atoms with Gasteiger partial charge in [-0.2, -0.15) is 5.10 Å². The highest BCUT2D eigenvalue weighted by molar-refractivity contribution is 6.35. The highest BCUT2D eigenvalue weighted by atomic mass is 35.5. The van der Waals surface area contributed by atoms with Crippen LogP contribution < -0.4 is 5.32 Å². The lowest BCUT2D eigenvalue weighted by molar-refractivity contribution is 0.0671. The van der Waals surface area contributed by atoms with Crippen LogP contribution in [0.1, 0.15) is 44.3 Å². The van der Waals surface area contributed by atoms with Crippen molar-refractivity contribution in [1.82, 2.24) is 30.0 Å². The number of benzene rings is 2. The van der Waals surface area contributed by atoms with Crippen LogP contribution in [0.3, 0.4) is 0 Å². The lowest BCUT2D eigenvalue weighted by Crippen LogP contribution is -2.51. The number of piperidine rings is 1. The molecule has 8 nitrogen and oxygen atoms in total. The van der Waals surface area contributed by atoms with E-state index in [4.69, 9.17) is 11.6 Å². The first-order chi connectivity index (χ1) is 16.9. The first kappa shape index (κ1) is 23.0. The van der Waals surface area contributed by atoms with Gasteiger partial charge in [0, 0.05) is 50.1 Å². The molecule has 35 heavy (non-hydrogen) atoms. The second-order valence-electron chi connectivity index (χ2n) is 8.82. The van der Waals surface area contributed by atoms with E-state index in [1.807, 2.05) is 42.2 Å². The fourth-order valence-corrected chi connectivity index (χ4v) is 5.06. The van der Waals surface area contributed by atoms with Gasteiger partial charge in [0.15, 0.2) is 0 Å². The number of rotatable bonds is 4. The van der Waals surface area contributed by atoms with Crippen molar-refractivity contribution in [1.29, 1.82) is 0 Å². The van der Waals surface area contributed by atoms with E-state index >= 15 is 0 Å². The van der Waals surface area contributed by atoms with E-state index in [0.29, 0.717) is 46.8 Å². The minimum absolute atomic E-state index is 0.0675. The molecule has 2 aromatic carbocycles. The number of halogens is 1. The summed E-state index contributed by atoms with van der Waals surface area (Å²) in [4.78, 5) is 37.0. The predicted octanol–water partition coefficient (Wildman–Crippen LogP) is 3.75. The number of fused-ring (bicyclic) bond motifs is 1. The number of aromatic nitrogens is 4. The predicted molar refractivity (Wildman–Crippen MR) is 133 cm³/mol. The second-order valence-corrected chi connectivity index (χ2v) is 9.23. The van der Waals surface area contributed by atoms with E-state index in [9.17, 15) is 9.59 Å². The molecule has 0 saturated carbocycles. The molecule has 0 spiro atoms. The van der Waals surface area contributed by atoms with Crippen molar-refractivity contribution in [3.8, 4) is 0 Å². The van der Waals surface area contributed by atoms with E-state index in [-0.39, 0.29) is 23.8 Å². The minimum atomic E-state index is -0.159. The molecule has 1 saturated heterocycles. The lowest BCUT2D eigenvalue weighted by Gasteiger charge is -2.39. The Bertz CT molecular complexity index is 1380. The van der Waals surface area contributed by atoms with E-state index < -0.39 is 0 Å². The third kappa shape index (κ3) is 4.49. The molecule has 2 atom stereocenters. The summed E-state index contributed by atoms with van der Waals surface area (Å²) in [5.74, 6) is -0.345. The molecule has 178 valence electrons. The van der Waals surface area contributed by atoms with E-state index in [1.165, 1.54) is 0 Å². The van der Waals surface area contributed by atoms with Crippen LogP contribution in [0.5, 0.6) is 0 Å². The van der Waals surface area contributed by atoms with Gasteiger partial charge >= 0.3 is 0 Å². The smallest absolute Gasteiger partial charge is 0.270 e. The molecule has 2 aromatic heterocycles. The Hall–Kier alpha value is -3.78. The zero-order valence-corrected chi connectivity index (χ0v) is 20.2. The summed E-state index contributed by atoms with van der Waals surface area (Å²) < 4.78 is 1.59. The van der Waals surface area contributed by atoms with Gasteiger partial charge < -0.3 is 10.2 Å². The molecule has 0 radical (unpaired) electrons. The summed E-state index contributed by atoms with van der Waals surface area (Å²) in [5, 5.41) is 7.79. The topological polar surface area (TPSA) is 93.0 Å². The number of aryl methyl sites for hydroxylation is 2. The maximum atomic E-state index is 13.5. The maximum Gasteiger partial charge on any atom is 0.270 e. The standard InChI is InChI=1S/C26H25ClN6O2/c1-16-14-30-32(2)24(16)25(34)31-21-8-11-33(15-19(21)17-6-4-3-5-7-17)26(35)18-12-20(27)23-22(13-18)28-9-10-29-23/h3-7,9-10,12-14,19,21H,8,11,15H2,1-2H3,(H,31,34)/t19-,21-/m1/s1. The quantitative estimate of drug-likeness (QED) is 0.472. The summed E-state index contributed by atoms with van der Waals surface area (Å²) in [5.41, 5.74) is 4.06. The molecule has 1 aliphatic heterocycles. The molecular formula is C26H25ClN6O2. The second kappa shape index (κ2) is 9.46. The van der Waals surface area contributed by atoms with E-state index in [2.05, 4.69) is 20.4 Å². The Morgan fingerprint density at radius 1 is 1.11 bits per heavy atom. The molecule has 1 N–H and O–H groups in total. The zero-order chi connectivity index (χ0) is 24.5. The average molecular weight is 489 g/mol. The highest BCUT2D eigenvalue weighted by Crippen LogP contribution is 2.30. The summed E-state index contributed by atoms with van der Waals surface area (Å²) in [6.07, 6.45) is 5.46. The monoisotopic (exact) mass is 488 g/mol. The molecule has 3 heterocycles. The normalized spacial score (nSPS) is 18.0. The van der Waals surface area contributed by atoms with Crippen LogP contribution in [-0.4, -0.2) is 55.6 Å². The van der Waals surface area contributed by atoms with Crippen molar-refractivity contribution in [2.75, 3.05) is 13.1 Å². The van der Waals surface area contributed by atoms with Crippen molar-refractivity contribution in [2.45, 2.75) is 25.3 Å². The Morgan fingerprint density at radius 3 is 2.63 bits per heavy atom. The summed E-state index contributed by atoms with van der Waals surface area (Å²) >= 11 is 6.40. The van der Waals surface area contributed by atoms with Crippen LogP contribution in [0.2, 0.25) is 5.02 Å². The lowest BCUT2D eigenvalue weighted by atomic mass is 9.85. The fraction of sp³-hybridized carbons (Fsp3) is 0.269. The minimum Gasteiger partial charge on any atom is -0.347 e. The van der Waals surface area contributed by atoms with Gasteiger partial charge in [0.25, 0.3) is 11.8 Å². The molecule has 0 bridgehead atoms. The molecule has 0 unspecified atom stereocenters. The fourth-order valence-electron chi connectivity index (χ4n) is 4.80. The molecule has 5 rings (SSSR count). The van der Waals surface area contributed by atoms with Gasteiger partial charge in [-0.05, 0) is 36.6 Å². The molecule has 4 aromatic rings. The summed E-state index contributed by atoms with van der Waals surface area (Å²) in [7, 11) is 1.76. The van der Waals surface area contributed by atoms with E-state index in [1.54, 1.807) is 42.5 Å². The number of nitrogens with zero attached hydrogens (tertiary/aromatic N) is 5. The molecule has 0 aliphatic carbocycles. The van der Waals surface area contributed by atoms with Gasteiger partial charge in [0.2, 0.25) is 0 Å². The van der Waals surface area contributed by atoms with E-state index in [0.717, 1.165) is 11.1 Å². The van der Waals surface area contributed by atoms with Gasteiger partial charge in [0.1, 0.15) is 11.2 Å². The SMILES string of the molecule is Cc1cnn(C)c1C(=O)N[C@@H]1CCN(C(=O)c2cc(Cl)c3nccnc3c2)C[C@@H]1c1ccccc1. The number of amides is 2. The van der Waals surface area contributed by atoms with Crippen molar-refractivity contribution >= 4 is 34.4 Å². The Kier molecular flexibility index (Phi) is 6.21. The molecule has 9 heteroatoms. The number of carbonyl (C=O) groups excluding carboxylic acids is 2. The van der Waals surface area contributed by atoms with Crippen LogP contribution in [-0.2, 0) is 7.05 Å². The number of nitrogens with one attached hydrogen (secondary N) is 1. The van der Waals surface area contributed by atoms with Crippen LogP contribution in [0.25, 0.3) is 11.0 Å². The number of carbonyl (C=O) groups is 2. The maximum absolute atomic E-state index is 13.5. The molecular weight excluding hydrogens is 464 g/mol. The van der Waals surface area contributed by atoms with Crippen LogP contribution in [0.4, 0.5) is 0 Å². The molecule has 2 amide bonds. The zero-order valence-electron chi connectivity index (χ0n) is 19.5. The third-order valence-electron chi connectivity index (χ3n) is 6.56. The molecule has 1 aliphatic rings. The Labute approximate surface area is 207 Å². The summed E-state index contributed by atoms with van der Waals surface area (Å²) in [6.45, 7) is 2.85. The van der Waals surface area contributed by atoms with Gasteiger partial charge in [-0.25, -0.2) is 0 Å². The van der Waals surface area contributed by atoms with Crippen LogP contribution >= 0.6 is 11.6 Å². The van der Waals surface area contributed by atoms with Gasteiger partial charge in [-0.3, -0.25) is 24.2 Å². The Balaban J connectivity index is 1.41. The average Bonchev–Trinajstić information content (AvgIpc) is 3.22. The van der Waals surface area contributed by atoms with Crippen molar-refractivity contribution < 1.29 is 9.59 Å². The number of hydrogen-bond donors (Lipinski definition) is 1. The van der Waals surface area contributed by atoms with Crippen molar-refractivity contribution in [3.05, 3.63) is 88.5 Å². The van der Waals surface area contributed by atoms with Crippen molar-refractivity contribution in [2.24, 2.45) is 7.05 Å². The third-order valence-corrected chi connectivity index (χ3v) is 6.84. The highest BCUT2D eigenvalue weighted by Gasteiger charge is 2.34. The van der Waals surface area contributed by atoms with Crippen LogP contribution in [0, 0.1) is 6.92 Å². The van der Waals surface area contributed by atoms with Gasteiger partial charge in [-0.15, -0.1) is 0 Å².